The van der Waals surface area contributed by atoms with Gasteiger partial charge >= 0.3 is 6.03 Å². The third-order valence-corrected chi connectivity index (χ3v) is 4.63. The van der Waals surface area contributed by atoms with Gasteiger partial charge in [0.25, 0.3) is 5.91 Å². The van der Waals surface area contributed by atoms with Gasteiger partial charge < -0.3 is 19.9 Å². The molecule has 2 aliphatic heterocycles. The predicted octanol–water partition coefficient (Wildman–Crippen LogP) is 0.789. The van der Waals surface area contributed by atoms with Crippen LogP contribution in [0.15, 0.2) is 10.9 Å². The van der Waals surface area contributed by atoms with Gasteiger partial charge in [0, 0.05) is 37.6 Å². The van der Waals surface area contributed by atoms with E-state index in [-0.39, 0.29) is 18.0 Å². The van der Waals surface area contributed by atoms with Crippen molar-refractivity contribution in [2.45, 2.75) is 18.9 Å². The van der Waals surface area contributed by atoms with Gasteiger partial charge in [-0.2, -0.15) is 0 Å². The number of thiazole rings is 1. The molecule has 0 unspecified atom stereocenters. The number of ether oxygens (including phenoxy) is 1. The predicted molar refractivity (Wildman–Crippen MR) is 82.0 cm³/mol. The number of likely N-dealkylation sites (tertiary alicyclic amines) is 1. The van der Waals surface area contributed by atoms with Crippen LogP contribution in [0.5, 0.6) is 0 Å². The van der Waals surface area contributed by atoms with Crippen molar-refractivity contribution in [3.05, 3.63) is 16.6 Å². The van der Waals surface area contributed by atoms with Crippen LogP contribution >= 0.6 is 11.3 Å². The van der Waals surface area contributed by atoms with Gasteiger partial charge in [-0.3, -0.25) is 4.79 Å². The lowest BCUT2D eigenvalue weighted by Crippen LogP contribution is -2.52. The van der Waals surface area contributed by atoms with E-state index in [1.807, 2.05) is 9.80 Å². The molecule has 1 aromatic heterocycles. The molecule has 2 saturated heterocycles. The van der Waals surface area contributed by atoms with Gasteiger partial charge in [-0.1, -0.05) is 0 Å². The lowest BCUT2D eigenvalue weighted by Gasteiger charge is -2.37. The van der Waals surface area contributed by atoms with Gasteiger partial charge in [-0.15, -0.1) is 11.3 Å². The molecule has 0 aliphatic carbocycles. The van der Waals surface area contributed by atoms with Crippen LogP contribution in [-0.4, -0.2) is 72.2 Å². The van der Waals surface area contributed by atoms with Gasteiger partial charge in [-0.05, 0) is 12.8 Å². The van der Waals surface area contributed by atoms with Crippen LogP contribution in [0.3, 0.4) is 0 Å². The summed E-state index contributed by atoms with van der Waals surface area (Å²) in [6, 6.07) is 0.204. The van der Waals surface area contributed by atoms with Crippen LogP contribution in [0, 0.1) is 0 Å². The summed E-state index contributed by atoms with van der Waals surface area (Å²) in [6.07, 6.45) is 1.57. The van der Waals surface area contributed by atoms with Crippen LogP contribution in [0.25, 0.3) is 0 Å². The molecule has 2 fully saturated rings. The summed E-state index contributed by atoms with van der Waals surface area (Å²) in [5.41, 5.74) is 2.12. The lowest BCUT2D eigenvalue weighted by atomic mass is 10.1. The fourth-order valence-electron chi connectivity index (χ4n) is 2.75. The van der Waals surface area contributed by atoms with Crippen molar-refractivity contribution >= 4 is 23.3 Å². The molecule has 120 valence electrons. The van der Waals surface area contributed by atoms with Crippen LogP contribution in [0.2, 0.25) is 0 Å². The molecule has 0 atom stereocenters. The smallest absolute Gasteiger partial charge is 0.320 e. The van der Waals surface area contributed by atoms with E-state index in [2.05, 4.69) is 10.3 Å². The summed E-state index contributed by atoms with van der Waals surface area (Å²) in [4.78, 5) is 32.1. The molecule has 8 heteroatoms. The molecular weight excluding hydrogens is 304 g/mol. The molecule has 22 heavy (non-hydrogen) atoms. The zero-order valence-corrected chi connectivity index (χ0v) is 13.2. The maximum Gasteiger partial charge on any atom is 0.320 e. The van der Waals surface area contributed by atoms with Gasteiger partial charge in [0.05, 0.1) is 18.7 Å². The van der Waals surface area contributed by atoms with E-state index in [0.29, 0.717) is 45.1 Å². The Kier molecular flexibility index (Phi) is 4.89. The van der Waals surface area contributed by atoms with E-state index in [1.54, 1.807) is 10.9 Å². The first kappa shape index (κ1) is 15.2. The van der Waals surface area contributed by atoms with Crippen molar-refractivity contribution in [2.24, 2.45) is 0 Å². The Labute approximate surface area is 133 Å². The van der Waals surface area contributed by atoms with Gasteiger partial charge in [-0.25, -0.2) is 9.78 Å². The summed E-state index contributed by atoms with van der Waals surface area (Å²) >= 11 is 1.41. The number of urea groups is 1. The Bertz CT molecular complexity index is 508. The molecule has 0 bridgehead atoms. The number of hydrogen-bond acceptors (Lipinski definition) is 5. The number of morpholine rings is 1. The highest BCUT2D eigenvalue weighted by Crippen LogP contribution is 2.14. The zero-order chi connectivity index (χ0) is 15.4. The van der Waals surface area contributed by atoms with Gasteiger partial charge in [0.1, 0.15) is 5.69 Å². The Morgan fingerprint density at radius 3 is 2.50 bits per heavy atom. The van der Waals surface area contributed by atoms with E-state index in [0.717, 1.165) is 12.8 Å². The lowest BCUT2D eigenvalue weighted by molar-refractivity contribution is 0.0407. The average molecular weight is 324 g/mol. The number of piperidine rings is 1. The SMILES string of the molecule is O=C(NC1CCN(C(=O)N2CCOCC2)CC1)c1cscn1. The summed E-state index contributed by atoms with van der Waals surface area (Å²) in [7, 11) is 0. The monoisotopic (exact) mass is 324 g/mol. The van der Waals surface area contributed by atoms with Crippen LogP contribution in [0.1, 0.15) is 23.3 Å². The second kappa shape index (κ2) is 7.06. The maximum absolute atomic E-state index is 12.4. The Morgan fingerprint density at radius 2 is 1.86 bits per heavy atom. The number of amides is 3. The van der Waals surface area contributed by atoms with Crippen LogP contribution < -0.4 is 5.32 Å². The fraction of sp³-hybridized carbons (Fsp3) is 0.643. The first-order chi connectivity index (χ1) is 10.7. The minimum Gasteiger partial charge on any atom is -0.378 e. The molecule has 7 nitrogen and oxygen atoms in total. The molecule has 3 amide bonds. The first-order valence-electron chi connectivity index (χ1n) is 7.54. The molecule has 3 heterocycles. The number of carbonyl (C=O) groups is 2. The highest BCUT2D eigenvalue weighted by atomic mass is 32.1. The van der Waals surface area contributed by atoms with Crippen LogP contribution in [-0.2, 0) is 4.74 Å². The van der Waals surface area contributed by atoms with Gasteiger partial charge in [0.2, 0.25) is 0 Å². The maximum atomic E-state index is 12.4. The summed E-state index contributed by atoms with van der Waals surface area (Å²) < 4.78 is 5.27. The molecular formula is C14H20N4O3S. The van der Waals surface area contributed by atoms with E-state index in [9.17, 15) is 9.59 Å². The Balaban J connectivity index is 1.46. The van der Waals surface area contributed by atoms with Crippen molar-refractivity contribution in [1.29, 1.82) is 0 Å². The molecule has 1 aromatic rings. The Hall–Kier alpha value is -1.67. The van der Waals surface area contributed by atoms with Crippen molar-refractivity contribution in [3.63, 3.8) is 0 Å². The number of nitrogens with zero attached hydrogens (tertiary/aromatic N) is 3. The van der Waals surface area contributed by atoms with Crippen molar-refractivity contribution < 1.29 is 14.3 Å². The molecule has 3 rings (SSSR count). The Morgan fingerprint density at radius 1 is 1.18 bits per heavy atom. The second-order valence-corrected chi connectivity index (χ2v) is 6.21. The third kappa shape index (κ3) is 3.56. The topological polar surface area (TPSA) is 74.8 Å². The molecule has 0 saturated carbocycles. The molecule has 0 spiro atoms. The minimum absolute atomic E-state index is 0.0903. The highest BCUT2D eigenvalue weighted by molar-refractivity contribution is 7.07. The molecule has 1 N–H and O–H groups in total. The fourth-order valence-corrected chi connectivity index (χ4v) is 3.29. The van der Waals surface area contributed by atoms with E-state index < -0.39 is 0 Å². The van der Waals surface area contributed by atoms with E-state index in [1.165, 1.54) is 11.3 Å². The van der Waals surface area contributed by atoms with E-state index in [4.69, 9.17) is 4.74 Å². The number of aromatic nitrogens is 1. The number of nitrogens with one attached hydrogen (secondary N) is 1. The normalized spacial score (nSPS) is 20.0. The summed E-state index contributed by atoms with van der Waals surface area (Å²) in [5, 5.41) is 4.74. The first-order valence-corrected chi connectivity index (χ1v) is 8.49. The van der Waals surface area contributed by atoms with Crippen molar-refractivity contribution in [2.75, 3.05) is 39.4 Å². The van der Waals surface area contributed by atoms with Gasteiger partial charge in [0.15, 0.2) is 0 Å². The molecule has 2 aliphatic rings. The number of hydrogen-bond donors (Lipinski definition) is 1. The minimum atomic E-state index is -0.126. The number of rotatable bonds is 2. The van der Waals surface area contributed by atoms with Crippen molar-refractivity contribution in [1.82, 2.24) is 20.1 Å². The summed E-state index contributed by atoms with van der Waals surface area (Å²) in [6.45, 7) is 3.92. The van der Waals surface area contributed by atoms with E-state index >= 15 is 0 Å². The average Bonchev–Trinajstić information content (AvgIpc) is 3.10. The largest absolute Gasteiger partial charge is 0.378 e. The zero-order valence-electron chi connectivity index (χ0n) is 12.4. The standard InChI is InChI=1S/C14H20N4O3S/c19-13(12-9-22-10-15-12)16-11-1-3-17(4-2-11)14(20)18-5-7-21-8-6-18/h9-11H,1-8H2,(H,16,19). The summed E-state index contributed by atoms with van der Waals surface area (Å²) in [5.74, 6) is -0.126. The third-order valence-electron chi connectivity index (χ3n) is 4.05. The van der Waals surface area contributed by atoms with Crippen LogP contribution in [0.4, 0.5) is 4.79 Å². The molecule has 0 radical (unpaired) electrons. The number of carbonyl (C=O) groups excluding carboxylic acids is 2. The highest BCUT2D eigenvalue weighted by Gasteiger charge is 2.28. The molecule has 0 aromatic carbocycles. The second-order valence-electron chi connectivity index (χ2n) is 5.49. The van der Waals surface area contributed by atoms with Crippen molar-refractivity contribution in [3.8, 4) is 0 Å². The quantitative estimate of drug-likeness (QED) is 0.873.